The van der Waals surface area contributed by atoms with Crippen LogP contribution < -0.4 is 5.32 Å². The van der Waals surface area contributed by atoms with Crippen molar-refractivity contribution in [1.29, 1.82) is 0 Å². The lowest BCUT2D eigenvalue weighted by Gasteiger charge is -2.32. The fourth-order valence-corrected chi connectivity index (χ4v) is 2.74. The molecule has 1 aliphatic heterocycles. The van der Waals surface area contributed by atoms with Crippen molar-refractivity contribution >= 4 is 23.2 Å². The molecule has 2 heterocycles. The summed E-state index contributed by atoms with van der Waals surface area (Å²) >= 11 is 5.72. The van der Waals surface area contributed by atoms with Crippen LogP contribution in [0.15, 0.2) is 12.3 Å². The van der Waals surface area contributed by atoms with Crippen molar-refractivity contribution in [3.63, 3.8) is 0 Å². The van der Waals surface area contributed by atoms with E-state index in [1.54, 1.807) is 0 Å². The summed E-state index contributed by atoms with van der Waals surface area (Å²) in [5.41, 5.74) is -0.492. The van der Waals surface area contributed by atoms with Crippen molar-refractivity contribution in [2.45, 2.75) is 25.8 Å². The maximum Gasteiger partial charge on any atom is 0.319 e. The molecule has 8 heteroatoms. The van der Waals surface area contributed by atoms with Gasteiger partial charge in [-0.2, -0.15) is 0 Å². The number of carbonyl (C=O) groups is 1. The second-order valence-corrected chi connectivity index (χ2v) is 5.32. The van der Waals surface area contributed by atoms with Gasteiger partial charge in [0.2, 0.25) is 5.15 Å². The second-order valence-electron chi connectivity index (χ2n) is 4.96. The number of nitro groups is 1. The minimum Gasteiger partial charge on any atom is -0.348 e. The molecule has 1 saturated heterocycles. The number of aromatic nitrogens is 1. The second kappa shape index (κ2) is 6.82. The summed E-state index contributed by atoms with van der Waals surface area (Å²) in [5.74, 6) is -0.478. The molecule has 1 aromatic heterocycles. The van der Waals surface area contributed by atoms with Crippen molar-refractivity contribution in [2.75, 3.05) is 19.6 Å². The molecule has 2 rings (SSSR count). The Kier molecular flexibility index (Phi) is 5.08. The van der Waals surface area contributed by atoms with Crippen LogP contribution in [0, 0.1) is 10.1 Å². The standard InChI is InChI=1S/C13H17ClN4O3/c1-2-17-7-3-4-9(8-17)16-13(19)10-5-6-15-12(14)11(10)18(20)21/h5-6,9H,2-4,7-8H2,1H3,(H,16,19). The normalized spacial score (nSPS) is 19.2. The molecule has 114 valence electrons. The summed E-state index contributed by atoms with van der Waals surface area (Å²) in [7, 11) is 0. The Morgan fingerprint density at radius 1 is 1.67 bits per heavy atom. The predicted molar refractivity (Wildman–Crippen MR) is 78.5 cm³/mol. The summed E-state index contributed by atoms with van der Waals surface area (Å²) in [4.78, 5) is 28.5. The number of pyridine rings is 1. The van der Waals surface area contributed by atoms with Crippen LogP contribution in [-0.2, 0) is 0 Å². The highest BCUT2D eigenvalue weighted by Crippen LogP contribution is 2.26. The van der Waals surface area contributed by atoms with E-state index in [1.807, 2.05) is 0 Å². The zero-order valence-electron chi connectivity index (χ0n) is 11.7. The van der Waals surface area contributed by atoms with Gasteiger partial charge in [0.05, 0.1) is 4.92 Å². The number of nitrogens with one attached hydrogen (secondary N) is 1. The van der Waals surface area contributed by atoms with Crippen molar-refractivity contribution in [3.8, 4) is 0 Å². The molecule has 1 aliphatic rings. The van der Waals surface area contributed by atoms with E-state index in [-0.39, 0.29) is 16.8 Å². The van der Waals surface area contributed by atoms with E-state index >= 15 is 0 Å². The van der Waals surface area contributed by atoms with Gasteiger partial charge in [-0.1, -0.05) is 18.5 Å². The smallest absolute Gasteiger partial charge is 0.319 e. The number of halogens is 1. The van der Waals surface area contributed by atoms with E-state index in [2.05, 4.69) is 22.1 Å². The third kappa shape index (κ3) is 3.68. The average molecular weight is 313 g/mol. The number of likely N-dealkylation sites (tertiary alicyclic amines) is 1. The quantitative estimate of drug-likeness (QED) is 0.521. The van der Waals surface area contributed by atoms with E-state index in [1.165, 1.54) is 12.3 Å². The molecular weight excluding hydrogens is 296 g/mol. The van der Waals surface area contributed by atoms with Gasteiger partial charge in [0.25, 0.3) is 5.91 Å². The van der Waals surface area contributed by atoms with Gasteiger partial charge in [0.15, 0.2) is 0 Å². The van der Waals surface area contributed by atoms with Crippen LogP contribution >= 0.6 is 11.6 Å². The van der Waals surface area contributed by atoms with Crippen LogP contribution in [0.4, 0.5) is 5.69 Å². The van der Waals surface area contributed by atoms with Crippen LogP contribution in [0.2, 0.25) is 5.15 Å². The van der Waals surface area contributed by atoms with Crippen LogP contribution in [-0.4, -0.2) is 46.4 Å². The molecule has 1 atom stereocenters. The Balaban J connectivity index is 2.14. The van der Waals surface area contributed by atoms with Crippen LogP contribution in [0.3, 0.4) is 0 Å². The van der Waals surface area contributed by atoms with Crippen molar-refractivity contribution in [2.24, 2.45) is 0 Å². The molecule has 21 heavy (non-hydrogen) atoms. The zero-order valence-corrected chi connectivity index (χ0v) is 12.5. The number of piperidine rings is 1. The lowest BCUT2D eigenvalue weighted by molar-refractivity contribution is -0.385. The molecule has 0 radical (unpaired) electrons. The van der Waals surface area contributed by atoms with Gasteiger partial charge in [-0.3, -0.25) is 14.9 Å². The highest BCUT2D eigenvalue weighted by Gasteiger charge is 2.27. The number of amides is 1. The Morgan fingerprint density at radius 2 is 2.43 bits per heavy atom. The Hall–Kier alpha value is -1.73. The van der Waals surface area contributed by atoms with Crippen LogP contribution in [0.5, 0.6) is 0 Å². The van der Waals surface area contributed by atoms with Gasteiger partial charge < -0.3 is 10.2 Å². The lowest BCUT2D eigenvalue weighted by Crippen LogP contribution is -2.47. The Labute approximate surface area is 127 Å². The van der Waals surface area contributed by atoms with E-state index in [4.69, 9.17) is 11.6 Å². The number of likely N-dealkylation sites (N-methyl/N-ethyl adjacent to an activating group) is 1. The topological polar surface area (TPSA) is 88.4 Å². The van der Waals surface area contributed by atoms with E-state index in [0.29, 0.717) is 0 Å². The van der Waals surface area contributed by atoms with Crippen LogP contribution in [0.1, 0.15) is 30.1 Å². The molecule has 0 spiro atoms. The molecule has 1 N–H and O–H groups in total. The maximum atomic E-state index is 12.3. The maximum absolute atomic E-state index is 12.3. The van der Waals surface area contributed by atoms with Gasteiger partial charge in [-0.25, -0.2) is 4.98 Å². The molecule has 1 unspecified atom stereocenters. The number of nitrogens with zero attached hydrogens (tertiary/aromatic N) is 3. The molecule has 0 aromatic carbocycles. The minimum atomic E-state index is -0.677. The molecule has 7 nitrogen and oxygen atoms in total. The first kappa shape index (κ1) is 15.7. The van der Waals surface area contributed by atoms with Crippen molar-refractivity contribution in [1.82, 2.24) is 15.2 Å². The summed E-state index contributed by atoms with van der Waals surface area (Å²) in [5, 5.41) is 13.6. The molecule has 0 bridgehead atoms. The molecule has 0 saturated carbocycles. The van der Waals surface area contributed by atoms with Gasteiger partial charge in [0, 0.05) is 18.8 Å². The Bertz CT molecular complexity index is 552. The first-order chi connectivity index (χ1) is 10.0. The van der Waals surface area contributed by atoms with Gasteiger partial charge >= 0.3 is 5.69 Å². The number of carbonyl (C=O) groups excluding carboxylic acids is 1. The highest BCUT2D eigenvalue weighted by atomic mass is 35.5. The predicted octanol–water partition coefficient (Wildman–Crippen LogP) is 1.86. The number of hydrogen-bond donors (Lipinski definition) is 1. The SMILES string of the molecule is CCN1CCCC(NC(=O)c2ccnc(Cl)c2[N+](=O)[O-])C1. The van der Waals surface area contributed by atoms with E-state index in [0.717, 1.165) is 32.5 Å². The summed E-state index contributed by atoms with van der Waals surface area (Å²) in [6, 6.07) is 1.32. The van der Waals surface area contributed by atoms with Crippen LogP contribution in [0.25, 0.3) is 0 Å². The van der Waals surface area contributed by atoms with Gasteiger partial charge in [0.1, 0.15) is 5.56 Å². The fourth-order valence-electron chi connectivity index (χ4n) is 2.51. The molecule has 1 aromatic rings. The monoisotopic (exact) mass is 312 g/mol. The molecule has 1 amide bonds. The fraction of sp³-hybridized carbons (Fsp3) is 0.538. The van der Waals surface area contributed by atoms with Gasteiger partial charge in [-0.05, 0) is 32.0 Å². The summed E-state index contributed by atoms with van der Waals surface area (Å²) < 4.78 is 0. The van der Waals surface area contributed by atoms with Crippen molar-refractivity contribution in [3.05, 3.63) is 33.1 Å². The lowest BCUT2D eigenvalue weighted by atomic mass is 10.1. The van der Waals surface area contributed by atoms with Crippen molar-refractivity contribution < 1.29 is 9.72 Å². The first-order valence-electron chi connectivity index (χ1n) is 6.85. The largest absolute Gasteiger partial charge is 0.348 e. The Morgan fingerprint density at radius 3 is 3.10 bits per heavy atom. The highest BCUT2D eigenvalue weighted by molar-refractivity contribution is 6.32. The third-order valence-corrected chi connectivity index (χ3v) is 3.87. The number of hydrogen-bond acceptors (Lipinski definition) is 5. The van der Waals surface area contributed by atoms with E-state index in [9.17, 15) is 14.9 Å². The van der Waals surface area contributed by atoms with Gasteiger partial charge in [-0.15, -0.1) is 0 Å². The first-order valence-corrected chi connectivity index (χ1v) is 7.22. The summed E-state index contributed by atoms with van der Waals surface area (Å²) in [6.45, 7) is 4.77. The third-order valence-electron chi connectivity index (χ3n) is 3.59. The molecular formula is C13H17ClN4O3. The van der Waals surface area contributed by atoms with E-state index < -0.39 is 16.5 Å². The molecule has 1 fully saturated rings. The number of rotatable bonds is 4. The summed E-state index contributed by atoms with van der Waals surface area (Å²) in [6.07, 6.45) is 3.16. The minimum absolute atomic E-state index is 0.00209. The average Bonchev–Trinajstić information content (AvgIpc) is 2.46. The zero-order chi connectivity index (χ0) is 15.4. The molecule has 0 aliphatic carbocycles.